The van der Waals surface area contributed by atoms with E-state index in [9.17, 15) is 14.7 Å². The Morgan fingerprint density at radius 3 is 2.42 bits per heavy atom. The van der Waals surface area contributed by atoms with Gasteiger partial charge in [0.25, 0.3) is 0 Å². The fourth-order valence-corrected chi connectivity index (χ4v) is 5.06. The summed E-state index contributed by atoms with van der Waals surface area (Å²) in [6.45, 7) is 6.50. The van der Waals surface area contributed by atoms with E-state index in [4.69, 9.17) is 24.7 Å². The Kier molecular flexibility index (Phi) is 9.35. The van der Waals surface area contributed by atoms with Crippen molar-refractivity contribution in [1.29, 1.82) is 5.41 Å². The van der Waals surface area contributed by atoms with Gasteiger partial charge < -0.3 is 29.3 Å². The normalized spacial score (nSPS) is 16.9. The third kappa shape index (κ3) is 6.17. The number of ether oxygens (including phenoxy) is 3. The molecule has 2 aliphatic heterocycles. The number of methoxy groups -OCH3 is 2. The first kappa shape index (κ1) is 31.2. The Morgan fingerprint density at radius 2 is 1.82 bits per heavy atom. The number of carbonyl (C=O) groups is 2. The van der Waals surface area contributed by atoms with Gasteiger partial charge in [0.2, 0.25) is 0 Å². The SMILES string of the molecule is Br.COc1cc2c(c(F)c1OC)C(=N)N(CC(=O)c1cc(OC3CCN(CC(=O)O)C3)c(O)c(C(C)(C)C)c1)C2. The van der Waals surface area contributed by atoms with Crippen molar-refractivity contribution in [3.05, 3.63) is 46.3 Å². The molecule has 3 N–H and O–H groups in total. The predicted octanol–water partition coefficient (Wildman–Crippen LogP) is 3.99. The molecule has 0 amide bonds. The van der Waals surface area contributed by atoms with Crippen molar-refractivity contribution in [2.75, 3.05) is 40.4 Å². The minimum Gasteiger partial charge on any atom is -0.504 e. The zero-order chi connectivity index (χ0) is 28.6. The topological polar surface area (TPSA) is 133 Å². The summed E-state index contributed by atoms with van der Waals surface area (Å²) in [6.07, 6.45) is 0.236. The molecule has 1 saturated heterocycles. The Bertz CT molecular complexity index is 1330. The van der Waals surface area contributed by atoms with Crippen molar-refractivity contribution in [1.82, 2.24) is 9.80 Å². The van der Waals surface area contributed by atoms with Gasteiger partial charge in [-0.15, -0.1) is 17.0 Å². The lowest BCUT2D eigenvalue weighted by molar-refractivity contribution is -0.138. The summed E-state index contributed by atoms with van der Waals surface area (Å²) in [5, 5.41) is 28.6. The first-order valence-corrected chi connectivity index (χ1v) is 12.6. The number of likely N-dealkylation sites (tertiary alicyclic amines) is 1. The molecular weight excluding hydrogens is 589 g/mol. The van der Waals surface area contributed by atoms with Crippen LogP contribution in [0.25, 0.3) is 0 Å². The standard InChI is InChI=1S/C28H34FN3O7.BrH/c1-28(2,3)18-8-15(9-20(25(18)36)39-17-6-7-31(12-17)14-22(34)35)19(33)13-32-11-16-10-21(37-4)26(38-5)24(29)23(16)27(32)30;/h8-10,17,30,36H,6-7,11-14H2,1-5H3,(H,34,35);1H. The summed E-state index contributed by atoms with van der Waals surface area (Å²) < 4.78 is 31.6. The van der Waals surface area contributed by atoms with Gasteiger partial charge in [-0.25, -0.2) is 4.39 Å². The van der Waals surface area contributed by atoms with E-state index in [1.165, 1.54) is 25.2 Å². The number of nitrogens with one attached hydrogen (secondary N) is 1. The number of hydrogen-bond donors (Lipinski definition) is 3. The third-order valence-electron chi connectivity index (χ3n) is 7.03. The number of phenolic OH excluding ortho intramolecular Hbond substituents is 1. The fraction of sp³-hybridized carbons (Fsp3) is 0.464. The van der Waals surface area contributed by atoms with Gasteiger partial charge in [0.15, 0.2) is 34.6 Å². The number of carboxylic acid groups (broad SMARTS) is 1. The Morgan fingerprint density at radius 1 is 1.12 bits per heavy atom. The van der Waals surface area contributed by atoms with Crippen molar-refractivity contribution in [3.8, 4) is 23.0 Å². The summed E-state index contributed by atoms with van der Waals surface area (Å²) >= 11 is 0. The van der Waals surface area contributed by atoms with Gasteiger partial charge in [-0.2, -0.15) is 0 Å². The third-order valence-corrected chi connectivity index (χ3v) is 7.03. The van der Waals surface area contributed by atoms with Crippen molar-refractivity contribution in [3.63, 3.8) is 0 Å². The second-order valence-corrected chi connectivity index (χ2v) is 10.9. The van der Waals surface area contributed by atoms with E-state index in [0.717, 1.165) is 0 Å². The molecule has 1 unspecified atom stereocenters. The molecule has 0 spiro atoms. The van der Waals surface area contributed by atoms with Gasteiger partial charge >= 0.3 is 5.97 Å². The number of aromatic hydroxyl groups is 1. The second-order valence-electron chi connectivity index (χ2n) is 10.9. The molecule has 1 fully saturated rings. The van der Waals surface area contributed by atoms with Crippen LogP contribution in [0.15, 0.2) is 18.2 Å². The number of ketones is 1. The minimum absolute atomic E-state index is 0. The number of benzene rings is 2. The number of halogens is 2. The van der Waals surface area contributed by atoms with Crippen LogP contribution in [0.1, 0.15) is 54.2 Å². The highest BCUT2D eigenvalue weighted by Crippen LogP contribution is 2.41. The Labute approximate surface area is 242 Å². The lowest BCUT2D eigenvalue weighted by Crippen LogP contribution is -2.31. The minimum atomic E-state index is -0.924. The van der Waals surface area contributed by atoms with Crippen LogP contribution in [0.3, 0.4) is 0 Å². The van der Waals surface area contributed by atoms with E-state index < -0.39 is 17.2 Å². The molecule has 0 saturated carbocycles. The molecule has 2 aromatic carbocycles. The largest absolute Gasteiger partial charge is 0.504 e. The van der Waals surface area contributed by atoms with E-state index >= 15 is 4.39 Å². The molecule has 12 heteroatoms. The Balaban J connectivity index is 0.00000441. The molecule has 0 radical (unpaired) electrons. The number of carbonyl (C=O) groups excluding carboxylic acids is 1. The molecule has 218 valence electrons. The molecular formula is C28H35BrFN3O7. The Hall–Kier alpha value is -3.38. The lowest BCUT2D eigenvalue weighted by Gasteiger charge is -2.25. The summed E-state index contributed by atoms with van der Waals surface area (Å²) in [5.41, 5.74) is 0.866. The van der Waals surface area contributed by atoms with Gasteiger partial charge in [-0.05, 0) is 35.6 Å². The molecule has 0 bridgehead atoms. The fourth-order valence-electron chi connectivity index (χ4n) is 5.06. The average molecular weight is 625 g/mol. The number of Topliss-reactive ketones (excluding diaryl/α,β-unsaturated/α-hetero) is 1. The molecule has 0 aromatic heterocycles. The maximum absolute atomic E-state index is 15.1. The molecule has 2 aliphatic rings. The smallest absolute Gasteiger partial charge is 0.317 e. The van der Waals surface area contributed by atoms with Crippen LogP contribution in [-0.2, 0) is 16.8 Å². The van der Waals surface area contributed by atoms with Crippen molar-refractivity contribution in [2.24, 2.45) is 0 Å². The summed E-state index contributed by atoms with van der Waals surface area (Å²) in [5.74, 6) is -1.92. The van der Waals surface area contributed by atoms with Gasteiger partial charge in [0.1, 0.15) is 11.9 Å². The van der Waals surface area contributed by atoms with Crippen LogP contribution in [0, 0.1) is 11.2 Å². The molecule has 1 atom stereocenters. The zero-order valence-corrected chi connectivity index (χ0v) is 24.9. The van der Waals surface area contributed by atoms with E-state index in [1.807, 2.05) is 20.8 Å². The highest BCUT2D eigenvalue weighted by atomic mass is 79.9. The van der Waals surface area contributed by atoms with Crippen molar-refractivity contribution >= 4 is 34.6 Å². The predicted molar refractivity (Wildman–Crippen MR) is 151 cm³/mol. The average Bonchev–Trinajstić information content (AvgIpc) is 3.42. The second kappa shape index (κ2) is 12.0. The number of rotatable bonds is 9. The monoisotopic (exact) mass is 623 g/mol. The van der Waals surface area contributed by atoms with E-state index in [2.05, 4.69) is 0 Å². The number of aliphatic carboxylic acids is 1. The van der Waals surface area contributed by atoms with E-state index in [-0.39, 0.29) is 88.5 Å². The number of phenols is 1. The van der Waals surface area contributed by atoms with Gasteiger partial charge in [-0.3, -0.25) is 19.9 Å². The van der Waals surface area contributed by atoms with Crippen molar-refractivity contribution in [2.45, 2.75) is 45.3 Å². The van der Waals surface area contributed by atoms with Crippen LogP contribution in [0.2, 0.25) is 0 Å². The first-order valence-electron chi connectivity index (χ1n) is 12.6. The molecule has 0 aliphatic carbocycles. The maximum atomic E-state index is 15.1. The van der Waals surface area contributed by atoms with E-state index in [0.29, 0.717) is 30.6 Å². The first-order chi connectivity index (χ1) is 18.3. The summed E-state index contributed by atoms with van der Waals surface area (Å²) in [7, 11) is 2.72. The van der Waals surface area contributed by atoms with Crippen LogP contribution >= 0.6 is 17.0 Å². The van der Waals surface area contributed by atoms with Gasteiger partial charge in [0.05, 0.1) is 32.9 Å². The molecule has 2 aromatic rings. The molecule has 10 nitrogen and oxygen atoms in total. The summed E-state index contributed by atoms with van der Waals surface area (Å²) in [6, 6.07) is 4.71. The lowest BCUT2D eigenvalue weighted by atomic mass is 9.84. The number of nitrogens with zero attached hydrogens (tertiary/aromatic N) is 2. The molecule has 4 rings (SSSR count). The number of hydrogen-bond acceptors (Lipinski definition) is 8. The van der Waals surface area contributed by atoms with Crippen LogP contribution in [0.4, 0.5) is 4.39 Å². The number of carboxylic acids is 1. The highest BCUT2D eigenvalue weighted by molar-refractivity contribution is 8.93. The summed E-state index contributed by atoms with van der Waals surface area (Å²) in [4.78, 5) is 27.8. The van der Waals surface area contributed by atoms with E-state index in [1.54, 1.807) is 17.0 Å². The zero-order valence-electron chi connectivity index (χ0n) is 23.2. The van der Waals surface area contributed by atoms with Crippen LogP contribution in [-0.4, -0.2) is 84.1 Å². The highest BCUT2D eigenvalue weighted by Gasteiger charge is 2.34. The van der Waals surface area contributed by atoms with Gasteiger partial charge in [0, 0.05) is 30.8 Å². The van der Waals surface area contributed by atoms with Gasteiger partial charge in [-0.1, -0.05) is 20.8 Å². The molecule has 2 heterocycles. The van der Waals surface area contributed by atoms with Crippen molar-refractivity contribution < 1.29 is 38.4 Å². The molecule has 40 heavy (non-hydrogen) atoms. The maximum Gasteiger partial charge on any atom is 0.317 e. The van der Waals surface area contributed by atoms with Crippen LogP contribution < -0.4 is 14.2 Å². The van der Waals surface area contributed by atoms with Crippen LogP contribution in [0.5, 0.6) is 23.0 Å². The quantitative estimate of drug-likeness (QED) is 0.355. The number of fused-ring (bicyclic) bond motifs is 1. The number of amidine groups is 1.